The van der Waals surface area contributed by atoms with Crippen LogP contribution in [0.2, 0.25) is 0 Å². The predicted molar refractivity (Wildman–Crippen MR) is 98.8 cm³/mol. The third-order valence-corrected chi connectivity index (χ3v) is 6.61. The van der Waals surface area contributed by atoms with Crippen molar-refractivity contribution in [2.24, 2.45) is 0 Å². The molecule has 25 heavy (non-hydrogen) atoms. The van der Waals surface area contributed by atoms with Gasteiger partial charge in [-0.1, -0.05) is 6.92 Å². The second-order valence-electron chi connectivity index (χ2n) is 5.50. The van der Waals surface area contributed by atoms with Gasteiger partial charge in [0.05, 0.1) is 22.9 Å². The smallest absolute Gasteiger partial charge is 0.261 e. The summed E-state index contributed by atoms with van der Waals surface area (Å²) in [6.07, 6.45) is 0.717. The summed E-state index contributed by atoms with van der Waals surface area (Å²) in [5.74, 6) is 0.541. The molecule has 3 rings (SSSR count). The van der Waals surface area contributed by atoms with Crippen LogP contribution in [-0.4, -0.2) is 26.7 Å². The zero-order valence-corrected chi connectivity index (χ0v) is 15.4. The number of ether oxygens (including phenoxy) is 1. The van der Waals surface area contributed by atoms with Gasteiger partial charge in [-0.15, -0.1) is 11.8 Å². The highest BCUT2D eigenvalue weighted by molar-refractivity contribution is 8.01. The Balaban J connectivity index is 1.85. The van der Waals surface area contributed by atoms with Crippen molar-refractivity contribution in [2.45, 2.75) is 28.4 Å². The SMILES string of the molecule is CC[C@H]1Sc2ccc(S(=O)(=O)Nc3ccc(OC)cc3)cc2NC1=O. The number of carbonyl (C=O) groups is 1. The standard InChI is InChI=1S/C17H18N2O4S2/c1-3-15-17(20)18-14-10-13(8-9-16(14)24-15)25(21,22)19-11-4-6-12(23-2)7-5-11/h4-10,15,19H,3H2,1-2H3,(H,18,20)/t15-/m1/s1. The summed E-state index contributed by atoms with van der Waals surface area (Å²) in [4.78, 5) is 13.0. The molecule has 0 aliphatic carbocycles. The predicted octanol–water partition coefficient (Wildman–Crippen LogP) is 3.32. The topological polar surface area (TPSA) is 84.5 Å². The fraction of sp³-hybridized carbons (Fsp3) is 0.235. The second-order valence-corrected chi connectivity index (χ2v) is 8.42. The van der Waals surface area contributed by atoms with Gasteiger partial charge in [0, 0.05) is 10.6 Å². The van der Waals surface area contributed by atoms with E-state index in [0.717, 1.165) is 11.3 Å². The van der Waals surface area contributed by atoms with Gasteiger partial charge in [-0.2, -0.15) is 0 Å². The molecule has 8 heteroatoms. The van der Waals surface area contributed by atoms with Gasteiger partial charge < -0.3 is 10.1 Å². The molecule has 0 aromatic heterocycles. The molecule has 2 aromatic carbocycles. The molecule has 6 nitrogen and oxygen atoms in total. The van der Waals surface area contributed by atoms with E-state index < -0.39 is 10.0 Å². The lowest BCUT2D eigenvalue weighted by Gasteiger charge is -2.23. The maximum absolute atomic E-state index is 12.6. The number of carbonyl (C=O) groups excluding carboxylic acids is 1. The summed E-state index contributed by atoms with van der Waals surface area (Å²) in [6.45, 7) is 1.94. The molecule has 2 aromatic rings. The lowest BCUT2D eigenvalue weighted by Crippen LogP contribution is -2.28. The van der Waals surface area contributed by atoms with Crippen LogP contribution in [0, 0.1) is 0 Å². The number of fused-ring (bicyclic) bond motifs is 1. The minimum absolute atomic E-state index is 0.0953. The number of rotatable bonds is 5. The van der Waals surface area contributed by atoms with Crippen LogP contribution in [0.25, 0.3) is 0 Å². The molecule has 0 radical (unpaired) electrons. The van der Waals surface area contributed by atoms with Crippen molar-refractivity contribution >= 4 is 39.1 Å². The van der Waals surface area contributed by atoms with Crippen molar-refractivity contribution in [3.8, 4) is 5.75 Å². The van der Waals surface area contributed by atoms with E-state index in [9.17, 15) is 13.2 Å². The molecule has 1 heterocycles. The van der Waals surface area contributed by atoms with Crippen LogP contribution >= 0.6 is 11.8 Å². The van der Waals surface area contributed by atoms with Gasteiger partial charge >= 0.3 is 0 Å². The van der Waals surface area contributed by atoms with Gasteiger partial charge in [-0.05, 0) is 48.9 Å². The molecule has 1 amide bonds. The zero-order chi connectivity index (χ0) is 18.0. The Morgan fingerprint density at radius 2 is 1.92 bits per heavy atom. The van der Waals surface area contributed by atoms with E-state index in [4.69, 9.17) is 4.74 Å². The summed E-state index contributed by atoms with van der Waals surface area (Å²) in [6, 6.07) is 11.3. The average Bonchev–Trinajstić information content (AvgIpc) is 2.61. The number of hydrogen-bond donors (Lipinski definition) is 2. The quantitative estimate of drug-likeness (QED) is 0.834. The fourth-order valence-electron chi connectivity index (χ4n) is 2.44. The average molecular weight is 378 g/mol. The molecular formula is C17H18N2O4S2. The number of nitrogens with one attached hydrogen (secondary N) is 2. The molecule has 0 spiro atoms. The molecule has 2 N–H and O–H groups in total. The number of thioether (sulfide) groups is 1. The van der Waals surface area contributed by atoms with Crippen LogP contribution in [0.5, 0.6) is 5.75 Å². The summed E-state index contributed by atoms with van der Waals surface area (Å²) < 4.78 is 32.7. The number of benzene rings is 2. The summed E-state index contributed by atoms with van der Waals surface area (Å²) in [7, 11) is -2.21. The third kappa shape index (κ3) is 3.74. The molecule has 1 aliphatic heterocycles. The van der Waals surface area contributed by atoms with Gasteiger partial charge in [0.25, 0.3) is 10.0 Å². The van der Waals surface area contributed by atoms with Crippen molar-refractivity contribution < 1.29 is 17.9 Å². The summed E-state index contributed by atoms with van der Waals surface area (Å²) >= 11 is 1.45. The Hall–Kier alpha value is -2.19. The van der Waals surface area contributed by atoms with Gasteiger partial charge in [-0.3, -0.25) is 9.52 Å². The molecule has 0 saturated heterocycles. The van der Waals surface area contributed by atoms with Crippen LogP contribution in [0.15, 0.2) is 52.3 Å². The van der Waals surface area contributed by atoms with Crippen LogP contribution in [0.4, 0.5) is 11.4 Å². The van der Waals surface area contributed by atoms with Crippen molar-refractivity contribution in [3.05, 3.63) is 42.5 Å². The highest BCUT2D eigenvalue weighted by atomic mass is 32.2. The molecule has 1 aliphatic rings. The molecule has 0 fully saturated rings. The molecule has 1 atom stereocenters. The normalized spacial score (nSPS) is 16.7. The number of hydrogen-bond acceptors (Lipinski definition) is 5. The monoisotopic (exact) mass is 378 g/mol. The van der Waals surface area contributed by atoms with E-state index in [1.165, 1.54) is 17.8 Å². The first-order chi connectivity index (χ1) is 11.9. The highest BCUT2D eigenvalue weighted by Gasteiger charge is 2.27. The Kier molecular flexibility index (Phi) is 4.91. The highest BCUT2D eigenvalue weighted by Crippen LogP contribution is 2.38. The van der Waals surface area contributed by atoms with E-state index in [-0.39, 0.29) is 16.1 Å². The van der Waals surface area contributed by atoms with Crippen LogP contribution in [0.3, 0.4) is 0 Å². The Bertz CT molecular complexity index is 895. The summed E-state index contributed by atoms with van der Waals surface area (Å²) in [5.41, 5.74) is 0.959. The van der Waals surface area contributed by atoms with Crippen molar-refractivity contribution in [3.63, 3.8) is 0 Å². The van der Waals surface area contributed by atoms with Gasteiger partial charge in [-0.25, -0.2) is 8.42 Å². The Labute approximate surface area is 151 Å². The molecule has 0 unspecified atom stereocenters. The molecule has 0 saturated carbocycles. The van der Waals surface area contributed by atoms with Crippen molar-refractivity contribution in [1.29, 1.82) is 0 Å². The first-order valence-corrected chi connectivity index (χ1v) is 10.1. The van der Waals surface area contributed by atoms with Crippen molar-refractivity contribution in [1.82, 2.24) is 0 Å². The largest absolute Gasteiger partial charge is 0.497 e. The number of amides is 1. The van der Waals surface area contributed by atoms with Crippen LogP contribution < -0.4 is 14.8 Å². The Morgan fingerprint density at radius 1 is 1.20 bits per heavy atom. The van der Waals surface area contributed by atoms with E-state index >= 15 is 0 Å². The van der Waals surface area contributed by atoms with E-state index in [2.05, 4.69) is 10.0 Å². The fourth-order valence-corrected chi connectivity index (χ4v) is 4.55. The van der Waals surface area contributed by atoms with E-state index in [1.807, 2.05) is 6.92 Å². The Morgan fingerprint density at radius 3 is 2.56 bits per heavy atom. The maximum atomic E-state index is 12.6. The van der Waals surface area contributed by atoms with E-state index in [1.54, 1.807) is 43.5 Å². The van der Waals surface area contributed by atoms with Gasteiger partial charge in [0.2, 0.25) is 5.91 Å². The number of sulfonamides is 1. The molecule has 132 valence electrons. The first kappa shape index (κ1) is 17.6. The lowest BCUT2D eigenvalue weighted by atomic mass is 10.2. The lowest BCUT2D eigenvalue weighted by molar-refractivity contribution is -0.115. The maximum Gasteiger partial charge on any atom is 0.261 e. The molecular weight excluding hydrogens is 360 g/mol. The molecule has 0 bridgehead atoms. The minimum Gasteiger partial charge on any atom is -0.497 e. The zero-order valence-electron chi connectivity index (χ0n) is 13.8. The third-order valence-electron chi connectivity index (χ3n) is 3.79. The number of anilines is 2. The number of methoxy groups -OCH3 is 1. The van der Waals surface area contributed by atoms with Crippen LogP contribution in [-0.2, 0) is 14.8 Å². The van der Waals surface area contributed by atoms with Crippen molar-refractivity contribution in [2.75, 3.05) is 17.1 Å². The van der Waals surface area contributed by atoms with Crippen LogP contribution in [0.1, 0.15) is 13.3 Å². The summed E-state index contributed by atoms with van der Waals surface area (Å²) in [5, 5.41) is 2.64. The second kappa shape index (κ2) is 6.97. The van der Waals surface area contributed by atoms with E-state index in [0.29, 0.717) is 17.1 Å². The van der Waals surface area contributed by atoms with Gasteiger partial charge in [0.1, 0.15) is 5.75 Å². The minimum atomic E-state index is -3.75. The van der Waals surface area contributed by atoms with Gasteiger partial charge in [0.15, 0.2) is 0 Å². The first-order valence-electron chi connectivity index (χ1n) is 7.71.